The standard InChI is InChI=1S/C13H19ClN2O2/c1-9(2)4-3-7-18-10-5-6-11(12(14)8-10)13(15)16-17/h5-6,8-9,17H,3-4,7H2,1-2H3,(H2,15,16). The molecule has 18 heavy (non-hydrogen) atoms. The third-order valence-corrected chi connectivity index (χ3v) is 2.83. The number of hydrogen-bond acceptors (Lipinski definition) is 3. The van der Waals surface area contributed by atoms with Crippen LogP contribution in [-0.2, 0) is 0 Å². The van der Waals surface area contributed by atoms with Gasteiger partial charge in [0.1, 0.15) is 5.75 Å². The van der Waals surface area contributed by atoms with Gasteiger partial charge in [0, 0.05) is 5.56 Å². The van der Waals surface area contributed by atoms with Crippen LogP contribution in [0.15, 0.2) is 23.4 Å². The lowest BCUT2D eigenvalue weighted by Gasteiger charge is -2.09. The van der Waals surface area contributed by atoms with Crippen LogP contribution in [0, 0.1) is 5.92 Å². The summed E-state index contributed by atoms with van der Waals surface area (Å²) in [5.74, 6) is 1.37. The van der Waals surface area contributed by atoms with E-state index in [1.807, 2.05) is 0 Å². The normalized spacial score (nSPS) is 11.9. The van der Waals surface area contributed by atoms with E-state index < -0.39 is 0 Å². The van der Waals surface area contributed by atoms with Crippen LogP contribution in [0.4, 0.5) is 0 Å². The van der Waals surface area contributed by atoms with E-state index in [1.54, 1.807) is 18.2 Å². The van der Waals surface area contributed by atoms with Gasteiger partial charge < -0.3 is 15.7 Å². The first-order chi connectivity index (χ1) is 8.54. The molecule has 0 unspecified atom stereocenters. The van der Waals surface area contributed by atoms with Crippen LogP contribution in [0.2, 0.25) is 5.02 Å². The molecule has 0 aliphatic heterocycles. The monoisotopic (exact) mass is 270 g/mol. The lowest BCUT2D eigenvalue weighted by atomic mass is 10.1. The minimum atomic E-state index is -0.00800. The van der Waals surface area contributed by atoms with Gasteiger partial charge in [0.15, 0.2) is 5.84 Å². The first-order valence-corrected chi connectivity index (χ1v) is 6.32. The topological polar surface area (TPSA) is 67.8 Å². The first-order valence-electron chi connectivity index (χ1n) is 5.95. The fourth-order valence-corrected chi connectivity index (χ4v) is 1.80. The Labute approximate surface area is 112 Å². The molecule has 1 rings (SSSR count). The molecule has 0 heterocycles. The number of oxime groups is 1. The number of nitrogens with two attached hydrogens (primary N) is 1. The second-order valence-corrected chi connectivity index (χ2v) is 4.92. The van der Waals surface area contributed by atoms with Crippen molar-refractivity contribution in [3.05, 3.63) is 28.8 Å². The molecule has 0 spiro atoms. The Morgan fingerprint density at radius 3 is 2.78 bits per heavy atom. The maximum atomic E-state index is 8.58. The average molecular weight is 271 g/mol. The highest BCUT2D eigenvalue weighted by Crippen LogP contribution is 2.22. The zero-order valence-electron chi connectivity index (χ0n) is 10.7. The molecule has 4 nitrogen and oxygen atoms in total. The number of rotatable bonds is 6. The number of amidine groups is 1. The van der Waals surface area contributed by atoms with Gasteiger partial charge in [-0.3, -0.25) is 0 Å². The minimum Gasteiger partial charge on any atom is -0.494 e. The van der Waals surface area contributed by atoms with E-state index in [-0.39, 0.29) is 5.84 Å². The molecule has 1 aromatic carbocycles. The Kier molecular flexibility index (Phi) is 5.78. The zero-order chi connectivity index (χ0) is 13.5. The van der Waals surface area contributed by atoms with Crippen molar-refractivity contribution in [3.63, 3.8) is 0 Å². The van der Waals surface area contributed by atoms with Crippen molar-refractivity contribution in [2.45, 2.75) is 26.7 Å². The second-order valence-electron chi connectivity index (χ2n) is 4.51. The molecule has 3 N–H and O–H groups in total. The number of hydrogen-bond donors (Lipinski definition) is 2. The summed E-state index contributed by atoms with van der Waals surface area (Å²) in [6.07, 6.45) is 2.15. The van der Waals surface area contributed by atoms with Crippen molar-refractivity contribution in [2.24, 2.45) is 16.8 Å². The molecular weight excluding hydrogens is 252 g/mol. The van der Waals surface area contributed by atoms with Gasteiger partial charge in [-0.15, -0.1) is 0 Å². The Morgan fingerprint density at radius 2 is 2.22 bits per heavy atom. The second kappa shape index (κ2) is 7.11. The first kappa shape index (κ1) is 14.6. The molecule has 0 radical (unpaired) electrons. The molecule has 0 atom stereocenters. The van der Waals surface area contributed by atoms with Crippen LogP contribution in [0.5, 0.6) is 5.75 Å². The Morgan fingerprint density at radius 1 is 1.50 bits per heavy atom. The number of nitrogens with zero attached hydrogens (tertiary/aromatic N) is 1. The average Bonchev–Trinajstić information content (AvgIpc) is 2.33. The van der Waals surface area contributed by atoms with Crippen molar-refractivity contribution < 1.29 is 9.94 Å². The number of benzene rings is 1. The van der Waals surface area contributed by atoms with Crippen molar-refractivity contribution in [1.29, 1.82) is 0 Å². The highest BCUT2D eigenvalue weighted by Gasteiger charge is 2.06. The molecule has 1 aromatic rings. The van der Waals surface area contributed by atoms with Gasteiger partial charge in [-0.25, -0.2) is 0 Å². The maximum absolute atomic E-state index is 8.58. The van der Waals surface area contributed by atoms with Crippen molar-refractivity contribution in [2.75, 3.05) is 6.61 Å². The highest BCUT2D eigenvalue weighted by atomic mass is 35.5. The molecule has 0 fully saturated rings. The van der Waals surface area contributed by atoms with E-state index in [9.17, 15) is 0 Å². The molecular formula is C13H19ClN2O2. The summed E-state index contributed by atoms with van der Waals surface area (Å²) in [7, 11) is 0. The molecule has 0 saturated carbocycles. The third kappa shape index (κ3) is 4.45. The number of ether oxygens (including phenoxy) is 1. The quantitative estimate of drug-likeness (QED) is 0.274. The van der Waals surface area contributed by atoms with Crippen LogP contribution < -0.4 is 10.5 Å². The fraction of sp³-hybridized carbons (Fsp3) is 0.462. The van der Waals surface area contributed by atoms with Crippen LogP contribution in [0.1, 0.15) is 32.3 Å². The van der Waals surface area contributed by atoms with Crippen molar-refractivity contribution in [1.82, 2.24) is 0 Å². The zero-order valence-corrected chi connectivity index (χ0v) is 11.4. The van der Waals surface area contributed by atoms with Gasteiger partial charge in [-0.1, -0.05) is 30.6 Å². The van der Waals surface area contributed by atoms with E-state index in [4.69, 9.17) is 27.3 Å². The molecule has 0 amide bonds. The molecule has 0 bridgehead atoms. The lowest BCUT2D eigenvalue weighted by Crippen LogP contribution is -2.13. The van der Waals surface area contributed by atoms with Gasteiger partial charge in [0.25, 0.3) is 0 Å². The van der Waals surface area contributed by atoms with Crippen LogP contribution in [-0.4, -0.2) is 17.6 Å². The van der Waals surface area contributed by atoms with E-state index in [0.717, 1.165) is 12.8 Å². The van der Waals surface area contributed by atoms with E-state index >= 15 is 0 Å². The summed E-state index contributed by atoms with van der Waals surface area (Å²) in [6.45, 7) is 5.03. The highest BCUT2D eigenvalue weighted by molar-refractivity contribution is 6.34. The van der Waals surface area contributed by atoms with Gasteiger partial charge >= 0.3 is 0 Å². The largest absolute Gasteiger partial charge is 0.494 e. The molecule has 0 aliphatic rings. The van der Waals surface area contributed by atoms with Crippen LogP contribution in [0.25, 0.3) is 0 Å². The van der Waals surface area contributed by atoms with Gasteiger partial charge in [0.05, 0.1) is 11.6 Å². The van der Waals surface area contributed by atoms with Crippen LogP contribution in [0.3, 0.4) is 0 Å². The number of halogens is 1. The van der Waals surface area contributed by atoms with Crippen molar-refractivity contribution in [3.8, 4) is 5.75 Å². The van der Waals surface area contributed by atoms with Gasteiger partial charge in [-0.05, 0) is 37.0 Å². The third-order valence-electron chi connectivity index (χ3n) is 2.52. The summed E-state index contributed by atoms with van der Waals surface area (Å²) < 4.78 is 5.58. The predicted molar refractivity (Wildman–Crippen MR) is 73.5 cm³/mol. The maximum Gasteiger partial charge on any atom is 0.171 e. The Bertz CT molecular complexity index is 419. The summed E-state index contributed by atoms with van der Waals surface area (Å²) in [6, 6.07) is 5.11. The van der Waals surface area contributed by atoms with Crippen LogP contribution >= 0.6 is 11.6 Å². The molecule has 100 valence electrons. The summed E-state index contributed by atoms with van der Waals surface area (Å²) in [4.78, 5) is 0. The summed E-state index contributed by atoms with van der Waals surface area (Å²) in [5, 5.41) is 11.9. The van der Waals surface area contributed by atoms with Gasteiger partial charge in [0.2, 0.25) is 0 Å². The predicted octanol–water partition coefficient (Wildman–Crippen LogP) is 3.25. The van der Waals surface area contributed by atoms with E-state index in [1.165, 1.54) is 0 Å². The molecule has 5 heteroatoms. The molecule has 0 aliphatic carbocycles. The van der Waals surface area contributed by atoms with Crippen molar-refractivity contribution >= 4 is 17.4 Å². The van der Waals surface area contributed by atoms with E-state index in [0.29, 0.717) is 28.9 Å². The summed E-state index contributed by atoms with van der Waals surface area (Å²) >= 11 is 6.01. The summed E-state index contributed by atoms with van der Waals surface area (Å²) in [5.41, 5.74) is 5.97. The SMILES string of the molecule is CC(C)CCCOc1ccc(C(N)=NO)c(Cl)c1. The molecule has 0 saturated heterocycles. The Hall–Kier alpha value is -1.42. The lowest BCUT2D eigenvalue weighted by molar-refractivity contribution is 0.297. The van der Waals surface area contributed by atoms with Gasteiger partial charge in [-0.2, -0.15) is 0 Å². The molecule has 0 aromatic heterocycles. The van der Waals surface area contributed by atoms with E-state index in [2.05, 4.69) is 19.0 Å². The fourth-order valence-electron chi connectivity index (χ4n) is 1.53. The smallest absolute Gasteiger partial charge is 0.171 e. The Balaban J connectivity index is 2.57. The minimum absolute atomic E-state index is 0.00800.